The van der Waals surface area contributed by atoms with Crippen molar-refractivity contribution >= 4 is 21.9 Å². The topological polar surface area (TPSA) is 113 Å². The number of halogens is 3. The monoisotopic (exact) mass is 384 g/mol. The van der Waals surface area contributed by atoms with Crippen LogP contribution >= 0.6 is 0 Å². The van der Waals surface area contributed by atoms with E-state index in [4.69, 9.17) is 5.11 Å². The third-order valence-corrected chi connectivity index (χ3v) is 4.27. The molecule has 0 aliphatic carbocycles. The maximum atomic E-state index is 12.0. The summed E-state index contributed by atoms with van der Waals surface area (Å²) in [5.41, 5.74) is 0. The second kappa shape index (κ2) is 8.16. The third-order valence-electron chi connectivity index (χ3n) is 2.80. The van der Waals surface area contributed by atoms with E-state index in [-0.39, 0.29) is 17.9 Å². The highest BCUT2D eigenvalue weighted by atomic mass is 32.2. The van der Waals surface area contributed by atoms with Gasteiger partial charge in [-0.15, -0.1) is 13.2 Å². The molecule has 0 fully saturated rings. The molecule has 25 heavy (non-hydrogen) atoms. The molecule has 12 heteroatoms. The van der Waals surface area contributed by atoms with Crippen LogP contribution in [0.5, 0.6) is 5.75 Å². The van der Waals surface area contributed by atoms with Crippen LogP contribution in [0.25, 0.3) is 0 Å². The van der Waals surface area contributed by atoms with Gasteiger partial charge in [0.15, 0.2) is 0 Å². The van der Waals surface area contributed by atoms with E-state index in [1.165, 1.54) is 7.05 Å². The Morgan fingerprint density at radius 3 is 2.28 bits per heavy atom. The molecule has 0 aliphatic rings. The zero-order chi connectivity index (χ0) is 19.3. The zero-order valence-corrected chi connectivity index (χ0v) is 13.7. The molecule has 1 aromatic rings. The van der Waals surface area contributed by atoms with Gasteiger partial charge in [0.25, 0.3) is 0 Å². The molecular weight excluding hydrogens is 369 g/mol. The quantitative estimate of drug-likeness (QED) is 0.685. The minimum Gasteiger partial charge on any atom is -0.480 e. The summed E-state index contributed by atoms with van der Waals surface area (Å²) in [6.45, 7) is -0.821. The number of carboxylic acids is 1. The first-order valence-electron chi connectivity index (χ1n) is 6.72. The van der Waals surface area contributed by atoms with Crippen molar-refractivity contribution in [3.05, 3.63) is 24.3 Å². The Labute approximate surface area is 141 Å². The van der Waals surface area contributed by atoms with Crippen molar-refractivity contribution in [2.24, 2.45) is 0 Å². The number of carbonyl (C=O) groups excluding carboxylic acids is 1. The van der Waals surface area contributed by atoms with Crippen LogP contribution in [0.1, 0.15) is 6.42 Å². The molecule has 1 rings (SSSR count). The van der Waals surface area contributed by atoms with Crippen molar-refractivity contribution < 1.29 is 41.0 Å². The average Bonchev–Trinajstić information content (AvgIpc) is 2.45. The van der Waals surface area contributed by atoms with E-state index in [2.05, 4.69) is 9.46 Å². The maximum Gasteiger partial charge on any atom is 0.573 e. The van der Waals surface area contributed by atoms with Crippen LogP contribution in [-0.2, 0) is 19.6 Å². The molecule has 0 saturated carbocycles. The van der Waals surface area contributed by atoms with Gasteiger partial charge < -0.3 is 14.7 Å². The Kier molecular flexibility index (Phi) is 6.76. The summed E-state index contributed by atoms with van der Waals surface area (Å²) in [5.74, 6) is -2.37. The first-order chi connectivity index (χ1) is 11.4. The molecule has 8 nitrogen and oxygen atoms in total. The van der Waals surface area contributed by atoms with Gasteiger partial charge in [0.05, 0.1) is 4.90 Å². The molecule has 0 spiro atoms. The number of carboxylic acid groups (broad SMARTS) is 1. The number of ether oxygens (including phenoxy) is 1. The molecule has 0 saturated heterocycles. The predicted octanol–water partition coefficient (Wildman–Crippen LogP) is 0.797. The zero-order valence-electron chi connectivity index (χ0n) is 12.9. The van der Waals surface area contributed by atoms with Gasteiger partial charge in [-0.2, -0.15) is 0 Å². The van der Waals surface area contributed by atoms with Gasteiger partial charge in [-0.1, -0.05) is 0 Å². The number of alkyl halides is 3. The van der Waals surface area contributed by atoms with Gasteiger partial charge in [-0.25, -0.2) is 13.1 Å². The summed E-state index contributed by atoms with van der Waals surface area (Å²) < 4.78 is 65.8. The lowest BCUT2D eigenvalue weighted by Gasteiger charge is -2.14. The lowest BCUT2D eigenvalue weighted by Crippen LogP contribution is -2.35. The average molecular weight is 384 g/mol. The molecular formula is C13H15F3N2O6S. The highest BCUT2D eigenvalue weighted by molar-refractivity contribution is 7.89. The van der Waals surface area contributed by atoms with E-state index in [0.29, 0.717) is 0 Å². The van der Waals surface area contributed by atoms with Gasteiger partial charge in [0.2, 0.25) is 15.9 Å². The Morgan fingerprint density at radius 1 is 1.24 bits per heavy atom. The second-order valence-corrected chi connectivity index (χ2v) is 6.58. The summed E-state index contributed by atoms with van der Waals surface area (Å²) >= 11 is 0. The van der Waals surface area contributed by atoms with E-state index < -0.39 is 40.6 Å². The van der Waals surface area contributed by atoms with Crippen LogP contribution in [0.15, 0.2) is 29.2 Å². The Morgan fingerprint density at radius 2 is 1.80 bits per heavy atom. The number of nitrogens with zero attached hydrogens (tertiary/aromatic N) is 1. The van der Waals surface area contributed by atoms with Crippen LogP contribution < -0.4 is 9.46 Å². The molecule has 140 valence electrons. The number of hydrogen-bond donors (Lipinski definition) is 2. The number of hydrogen-bond acceptors (Lipinski definition) is 5. The number of sulfonamides is 1. The summed E-state index contributed by atoms with van der Waals surface area (Å²) in [6.07, 6.45) is -5.17. The van der Waals surface area contributed by atoms with Crippen LogP contribution in [-0.4, -0.2) is 56.8 Å². The summed E-state index contributed by atoms with van der Waals surface area (Å²) in [7, 11) is -2.78. The van der Waals surface area contributed by atoms with Crippen LogP contribution in [0.4, 0.5) is 13.2 Å². The molecule has 0 aromatic heterocycles. The lowest BCUT2D eigenvalue weighted by molar-refractivity contribution is -0.274. The minimum atomic E-state index is -4.89. The highest BCUT2D eigenvalue weighted by Gasteiger charge is 2.31. The van der Waals surface area contributed by atoms with E-state index in [1.54, 1.807) is 0 Å². The summed E-state index contributed by atoms with van der Waals surface area (Å²) in [5, 5.41) is 8.54. The predicted molar refractivity (Wildman–Crippen MR) is 78.2 cm³/mol. The summed E-state index contributed by atoms with van der Waals surface area (Å²) in [6, 6.07) is 3.52. The first kappa shape index (κ1) is 20.7. The Balaban J connectivity index is 2.61. The van der Waals surface area contributed by atoms with Crippen LogP contribution in [0.3, 0.4) is 0 Å². The molecule has 0 aliphatic heterocycles. The Bertz CT molecular complexity index is 718. The third kappa shape index (κ3) is 7.39. The van der Waals surface area contributed by atoms with E-state index in [0.717, 1.165) is 29.2 Å². The van der Waals surface area contributed by atoms with E-state index in [1.807, 2.05) is 0 Å². The van der Waals surface area contributed by atoms with Crippen molar-refractivity contribution in [3.8, 4) is 5.75 Å². The van der Waals surface area contributed by atoms with Crippen LogP contribution in [0.2, 0.25) is 0 Å². The van der Waals surface area contributed by atoms with Gasteiger partial charge in [-0.3, -0.25) is 9.59 Å². The maximum absolute atomic E-state index is 12.0. The van der Waals surface area contributed by atoms with Crippen molar-refractivity contribution in [2.45, 2.75) is 17.7 Å². The van der Waals surface area contributed by atoms with Gasteiger partial charge in [0.1, 0.15) is 12.3 Å². The summed E-state index contributed by atoms with van der Waals surface area (Å²) in [4.78, 5) is 22.6. The number of rotatable bonds is 8. The molecule has 0 unspecified atom stereocenters. The van der Waals surface area contributed by atoms with Gasteiger partial charge in [0, 0.05) is 20.0 Å². The van der Waals surface area contributed by atoms with Crippen molar-refractivity contribution in [1.82, 2.24) is 9.62 Å². The lowest BCUT2D eigenvalue weighted by atomic mass is 10.3. The fraction of sp³-hybridized carbons (Fsp3) is 0.385. The number of nitrogens with one attached hydrogen (secondary N) is 1. The van der Waals surface area contributed by atoms with Crippen molar-refractivity contribution in [3.63, 3.8) is 0 Å². The number of aliphatic carboxylic acids is 1. The SMILES string of the molecule is CN(CC(=O)O)C(=O)CCNS(=O)(=O)c1ccc(OC(F)(F)F)cc1. The van der Waals surface area contributed by atoms with Crippen LogP contribution in [0, 0.1) is 0 Å². The number of amides is 1. The molecule has 0 atom stereocenters. The minimum absolute atomic E-state index is 0.279. The largest absolute Gasteiger partial charge is 0.573 e. The fourth-order valence-electron chi connectivity index (χ4n) is 1.68. The Hall–Kier alpha value is -2.34. The van der Waals surface area contributed by atoms with Crippen molar-refractivity contribution in [1.29, 1.82) is 0 Å². The first-order valence-corrected chi connectivity index (χ1v) is 8.20. The molecule has 2 N–H and O–H groups in total. The normalized spacial score (nSPS) is 11.8. The van der Waals surface area contributed by atoms with Gasteiger partial charge >= 0.3 is 12.3 Å². The van der Waals surface area contributed by atoms with Gasteiger partial charge in [-0.05, 0) is 24.3 Å². The molecule has 1 aromatic carbocycles. The van der Waals surface area contributed by atoms with Crippen molar-refractivity contribution in [2.75, 3.05) is 20.1 Å². The molecule has 1 amide bonds. The molecule has 0 bridgehead atoms. The molecule has 0 heterocycles. The fourth-order valence-corrected chi connectivity index (χ4v) is 2.71. The smallest absolute Gasteiger partial charge is 0.480 e. The highest BCUT2D eigenvalue weighted by Crippen LogP contribution is 2.23. The number of likely N-dealkylation sites (N-methyl/N-ethyl adjacent to an activating group) is 1. The van der Waals surface area contributed by atoms with E-state index in [9.17, 15) is 31.2 Å². The standard InChI is InChI=1S/C13H15F3N2O6S/c1-18(8-12(20)21)11(19)6-7-17-25(22,23)10-4-2-9(3-5-10)24-13(14,15)16/h2-5,17H,6-8H2,1H3,(H,20,21). The molecule has 0 radical (unpaired) electrons. The number of benzene rings is 1. The number of carbonyl (C=O) groups is 2. The second-order valence-electron chi connectivity index (χ2n) is 4.81. The van der Waals surface area contributed by atoms with E-state index >= 15 is 0 Å².